The number of aryl methyl sites for hydroxylation is 1. The van der Waals surface area contributed by atoms with Gasteiger partial charge in [0.25, 0.3) is 0 Å². The van der Waals surface area contributed by atoms with E-state index >= 15 is 0 Å². The molecule has 1 aromatic carbocycles. The summed E-state index contributed by atoms with van der Waals surface area (Å²) in [6.45, 7) is 2.49. The van der Waals surface area contributed by atoms with Crippen LogP contribution in [-0.4, -0.2) is 34.9 Å². The molecule has 0 radical (unpaired) electrons. The Morgan fingerprint density at radius 3 is 2.94 bits per heavy atom. The number of rotatable bonds is 4. The van der Waals surface area contributed by atoms with E-state index in [0.29, 0.717) is 12.6 Å². The van der Waals surface area contributed by atoms with Crippen LogP contribution in [0.4, 0.5) is 5.69 Å². The van der Waals surface area contributed by atoms with Crippen LogP contribution in [-0.2, 0) is 11.2 Å². The number of aliphatic hydroxyl groups is 1. The first kappa shape index (κ1) is 12.9. The first-order valence-electron chi connectivity index (χ1n) is 6.32. The minimum atomic E-state index is -0.958. The molecule has 0 spiro atoms. The van der Waals surface area contributed by atoms with Gasteiger partial charge in [-0.15, -0.1) is 0 Å². The first-order valence-corrected chi connectivity index (χ1v) is 6.32. The van der Waals surface area contributed by atoms with Gasteiger partial charge in [-0.25, -0.2) is 0 Å². The SMILES string of the molecule is CC1CCc2ccccc2N1CC(O)CC(=O)O. The number of aliphatic carboxylic acids is 1. The third-order valence-corrected chi connectivity index (χ3v) is 3.48. The van der Waals surface area contributed by atoms with Gasteiger partial charge in [0.05, 0.1) is 12.5 Å². The fraction of sp³-hybridized carbons (Fsp3) is 0.500. The van der Waals surface area contributed by atoms with Gasteiger partial charge in [0, 0.05) is 18.3 Å². The maximum atomic E-state index is 10.6. The van der Waals surface area contributed by atoms with Crippen molar-refractivity contribution in [1.82, 2.24) is 0 Å². The van der Waals surface area contributed by atoms with Gasteiger partial charge < -0.3 is 15.1 Å². The molecule has 1 aromatic rings. The smallest absolute Gasteiger partial charge is 0.306 e. The van der Waals surface area contributed by atoms with Crippen LogP contribution < -0.4 is 4.90 Å². The van der Waals surface area contributed by atoms with Crippen LogP contribution in [0.5, 0.6) is 0 Å². The first-order chi connectivity index (χ1) is 8.58. The Morgan fingerprint density at radius 1 is 1.50 bits per heavy atom. The highest BCUT2D eigenvalue weighted by Gasteiger charge is 2.25. The van der Waals surface area contributed by atoms with E-state index in [1.54, 1.807) is 0 Å². The molecule has 2 rings (SSSR count). The summed E-state index contributed by atoms with van der Waals surface area (Å²) in [5.41, 5.74) is 2.40. The number of carboxylic acids is 1. The highest BCUT2D eigenvalue weighted by atomic mass is 16.4. The van der Waals surface area contributed by atoms with Crippen LogP contribution in [0, 0.1) is 0 Å². The molecule has 18 heavy (non-hydrogen) atoms. The Kier molecular flexibility index (Phi) is 3.87. The summed E-state index contributed by atoms with van der Waals surface area (Å²) >= 11 is 0. The van der Waals surface area contributed by atoms with Crippen LogP contribution in [0.2, 0.25) is 0 Å². The average Bonchev–Trinajstić information content (AvgIpc) is 2.32. The minimum absolute atomic E-state index is 0.203. The summed E-state index contributed by atoms with van der Waals surface area (Å²) in [4.78, 5) is 12.7. The number of hydrogen-bond acceptors (Lipinski definition) is 3. The molecule has 1 aliphatic rings. The quantitative estimate of drug-likeness (QED) is 0.852. The Bertz CT molecular complexity index is 433. The zero-order valence-electron chi connectivity index (χ0n) is 10.5. The monoisotopic (exact) mass is 249 g/mol. The van der Waals surface area contributed by atoms with Crippen LogP contribution >= 0.6 is 0 Å². The lowest BCUT2D eigenvalue weighted by Gasteiger charge is -2.38. The van der Waals surface area contributed by atoms with Crippen LogP contribution in [0.25, 0.3) is 0 Å². The van der Waals surface area contributed by atoms with Gasteiger partial charge in [-0.3, -0.25) is 4.79 Å². The van der Waals surface area contributed by atoms with E-state index in [9.17, 15) is 9.90 Å². The molecule has 0 aliphatic carbocycles. The van der Waals surface area contributed by atoms with Gasteiger partial charge in [-0.05, 0) is 31.4 Å². The summed E-state index contributed by atoms with van der Waals surface area (Å²) in [6, 6.07) is 8.47. The van der Waals surface area contributed by atoms with Gasteiger partial charge in [0.2, 0.25) is 0 Å². The molecule has 98 valence electrons. The van der Waals surface area contributed by atoms with Crippen molar-refractivity contribution in [2.45, 2.75) is 38.3 Å². The summed E-state index contributed by atoms with van der Waals surface area (Å²) < 4.78 is 0. The molecular weight excluding hydrogens is 230 g/mol. The number of para-hydroxylation sites is 1. The predicted molar refractivity (Wildman–Crippen MR) is 69.8 cm³/mol. The van der Waals surface area contributed by atoms with E-state index in [1.165, 1.54) is 5.56 Å². The van der Waals surface area contributed by atoms with E-state index in [2.05, 4.69) is 17.9 Å². The Labute approximate surface area is 107 Å². The molecule has 2 N–H and O–H groups in total. The number of carbonyl (C=O) groups is 1. The second-order valence-corrected chi connectivity index (χ2v) is 4.92. The van der Waals surface area contributed by atoms with E-state index in [1.807, 2.05) is 18.2 Å². The lowest BCUT2D eigenvalue weighted by atomic mass is 9.96. The molecule has 0 bridgehead atoms. The van der Waals surface area contributed by atoms with Crippen LogP contribution in [0.15, 0.2) is 24.3 Å². The normalized spacial score (nSPS) is 20.3. The zero-order valence-corrected chi connectivity index (χ0v) is 10.5. The molecule has 0 amide bonds. The Balaban J connectivity index is 2.14. The number of fused-ring (bicyclic) bond motifs is 1. The molecule has 4 heteroatoms. The highest BCUT2D eigenvalue weighted by molar-refractivity contribution is 5.67. The van der Waals surface area contributed by atoms with Gasteiger partial charge >= 0.3 is 5.97 Å². The van der Waals surface area contributed by atoms with Gasteiger partial charge in [-0.2, -0.15) is 0 Å². The topological polar surface area (TPSA) is 60.8 Å². The van der Waals surface area contributed by atoms with Gasteiger partial charge in [0.1, 0.15) is 0 Å². The number of benzene rings is 1. The molecule has 0 saturated carbocycles. The zero-order chi connectivity index (χ0) is 13.1. The third kappa shape index (κ3) is 2.82. The van der Waals surface area contributed by atoms with Crippen molar-refractivity contribution in [2.75, 3.05) is 11.4 Å². The lowest BCUT2D eigenvalue weighted by molar-refractivity contribution is -0.139. The maximum Gasteiger partial charge on any atom is 0.306 e. The summed E-state index contributed by atoms with van der Waals surface area (Å²) in [7, 11) is 0. The summed E-state index contributed by atoms with van der Waals surface area (Å²) in [5.74, 6) is -0.958. The number of hydrogen-bond donors (Lipinski definition) is 2. The van der Waals surface area contributed by atoms with Crippen molar-refractivity contribution < 1.29 is 15.0 Å². The van der Waals surface area contributed by atoms with Crippen molar-refractivity contribution in [2.24, 2.45) is 0 Å². The van der Waals surface area contributed by atoms with E-state index in [4.69, 9.17) is 5.11 Å². The van der Waals surface area contributed by atoms with Gasteiger partial charge in [0.15, 0.2) is 0 Å². The van der Waals surface area contributed by atoms with Crippen LogP contribution in [0.3, 0.4) is 0 Å². The molecule has 1 aliphatic heterocycles. The minimum Gasteiger partial charge on any atom is -0.481 e. The number of anilines is 1. The predicted octanol–water partition coefficient (Wildman–Crippen LogP) is 1.66. The molecule has 0 saturated heterocycles. The summed E-state index contributed by atoms with van der Waals surface area (Å²) in [6.07, 6.45) is 1.06. The average molecular weight is 249 g/mol. The number of nitrogens with zero attached hydrogens (tertiary/aromatic N) is 1. The lowest BCUT2D eigenvalue weighted by Crippen LogP contribution is -2.42. The largest absolute Gasteiger partial charge is 0.481 e. The number of aliphatic hydroxyl groups excluding tert-OH is 1. The number of carboxylic acid groups (broad SMARTS) is 1. The van der Waals surface area contributed by atoms with E-state index in [0.717, 1.165) is 18.5 Å². The second-order valence-electron chi connectivity index (χ2n) is 4.92. The second kappa shape index (κ2) is 5.40. The fourth-order valence-corrected chi connectivity index (χ4v) is 2.53. The van der Waals surface area contributed by atoms with Crippen molar-refractivity contribution in [3.05, 3.63) is 29.8 Å². The Morgan fingerprint density at radius 2 is 2.22 bits per heavy atom. The Hall–Kier alpha value is -1.55. The van der Waals surface area contributed by atoms with Crippen LogP contribution in [0.1, 0.15) is 25.3 Å². The standard InChI is InChI=1S/C14H19NO3/c1-10-6-7-11-4-2-3-5-13(11)15(10)9-12(16)8-14(17)18/h2-5,10,12,16H,6-9H2,1H3,(H,17,18). The number of β-amino-alcohol motifs (C(OH)–C–C–N with tert-alkyl or cyclic N) is 1. The third-order valence-electron chi connectivity index (χ3n) is 3.48. The fourth-order valence-electron chi connectivity index (χ4n) is 2.53. The van der Waals surface area contributed by atoms with E-state index < -0.39 is 12.1 Å². The summed E-state index contributed by atoms with van der Waals surface area (Å²) in [5, 5.41) is 18.5. The molecule has 0 aromatic heterocycles. The highest BCUT2D eigenvalue weighted by Crippen LogP contribution is 2.30. The van der Waals surface area contributed by atoms with E-state index in [-0.39, 0.29) is 6.42 Å². The van der Waals surface area contributed by atoms with Crippen molar-refractivity contribution in [3.63, 3.8) is 0 Å². The van der Waals surface area contributed by atoms with Crippen molar-refractivity contribution >= 4 is 11.7 Å². The van der Waals surface area contributed by atoms with Crippen molar-refractivity contribution in [3.8, 4) is 0 Å². The maximum absolute atomic E-state index is 10.6. The molecule has 4 nitrogen and oxygen atoms in total. The van der Waals surface area contributed by atoms with Gasteiger partial charge in [-0.1, -0.05) is 18.2 Å². The molecular formula is C14H19NO3. The van der Waals surface area contributed by atoms with Crippen molar-refractivity contribution in [1.29, 1.82) is 0 Å². The molecule has 0 fully saturated rings. The molecule has 2 unspecified atom stereocenters. The molecule has 2 atom stereocenters. The molecule has 1 heterocycles.